The summed E-state index contributed by atoms with van der Waals surface area (Å²) in [6.45, 7) is 4.87. The van der Waals surface area contributed by atoms with Crippen molar-refractivity contribution in [2.45, 2.75) is 57.9 Å². The first kappa shape index (κ1) is 14.3. The normalized spacial score (nSPS) is 32.5. The van der Waals surface area contributed by atoms with Gasteiger partial charge in [-0.05, 0) is 26.7 Å². The zero-order valence-electron chi connectivity index (χ0n) is 10.1. The third-order valence-electron chi connectivity index (χ3n) is 3.35. The van der Waals surface area contributed by atoms with Crippen molar-refractivity contribution in [1.82, 2.24) is 0 Å². The van der Waals surface area contributed by atoms with E-state index in [1.807, 2.05) is 0 Å². The number of aliphatic hydroxyl groups is 1. The quantitative estimate of drug-likeness (QED) is 0.787. The first-order valence-electron chi connectivity index (χ1n) is 5.55. The van der Waals surface area contributed by atoms with E-state index >= 15 is 0 Å². The Morgan fingerprint density at radius 1 is 1.47 bits per heavy atom. The van der Waals surface area contributed by atoms with Crippen molar-refractivity contribution in [3.63, 3.8) is 0 Å². The molecular formula is C11H17F3O3. The van der Waals surface area contributed by atoms with Gasteiger partial charge in [0.2, 0.25) is 0 Å². The SMILES string of the molecule is CCC(C)(C)C(=O)OC1CCC(F)(F)C1(O)F. The Kier molecular flexibility index (Phi) is 3.49. The summed E-state index contributed by atoms with van der Waals surface area (Å²) in [6, 6.07) is 0. The first-order chi connectivity index (χ1) is 7.54. The molecule has 6 heteroatoms. The molecule has 3 nitrogen and oxygen atoms in total. The number of esters is 1. The van der Waals surface area contributed by atoms with Crippen LogP contribution in [0, 0.1) is 5.41 Å². The van der Waals surface area contributed by atoms with Crippen molar-refractivity contribution in [2.75, 3.05) is 0 Å². The second kappa shape index (κ2) is 4.15. The Morgan fingerprint density at radius 3 is 2.35 bits per heavy atom. The third-order valence-corrected chi connectivity index (χ3v) is 3.35. The van der Waals surface area contributed by atoms with Crippen molar-refractivity contribution in [3.8, 4) is 0 Å². The number of alkyl halides is 3. The van der Waals surface area contributed by atoms with Crippen LogP contribution in [0.5, 0.6) is 0 Å². The summed E-state index contributed by atoms with van der Waals surface area (Å²) in [5, 5.41) is 9.08. The molecule has 0 saturated heterocycles. The number of hydrogen-bond donors (Lipinski definition) is 1. The van der Waals surface area contributed by atoms with Gasteiger partial charge >= 0.3 is 17.7 Å². The first-order valence-corrected chi connectivity index (χ1v) is 5.55. The lowest BCUT2D eigenvalue weighted by Crippen LogP contribution is -2.49. The molecule has 0 bridgehead atoms. The molecule has 1 saturated carbocycles. The number of hydrogen-bond acceptors (Lipinski definition) is 3. The number of carbonyl (C=O) groups excluding carboxylic acids is 1. The average molecular weight is 254 g/mol. The molecule has 1 aliphatic rings. The fourth-order valence-corrected chi connectivity index (χ4v) is 1.48. The highest BCUT2D eigenvalue weighted by Gasteiger charge is 2.65. The molecule has 0 amide bonds. The van der Waals surface area contributed by atoms with Crippen LogP contribution in [0.25, 0.3) is 0 Å². The van der Waals surface area contributed by atoms with E-state index in [0.717, 1.165) is 0 Å². The molecule has 1 fully saturated rings. The topological polar surface area (TPSA) is 46.5 Å². The fraction of sp³-hybridized carbons (Fsp3) is 0.909. The second-order valence-electron chi connectivity index (χ2n) is 5.05. The van der Waals surface area contributed by atoms with Crippen LogP contribution in [0.1, 0.15) is 40.0 Å². The van der Waals surface area contributed by atoms with Gasteiger partial charge in [0.05, 0.1) is 5.41 Å². The highest BCUT2D eigenvalue weighted by molar-refractivity contribution is 5.76. The van der Waals surface area contributed by atoms with Crippen LogP contribution in [0.15, 0.2) is 0 Å². The number of halogens is 3. The molecule has 0 aromatic carbocycles. The monoisotopic (exact) mass is 254 g/mol. The van der Waals surface area contributed by atoms with Crippen molar-refractivity contribution in [3.05, 3.63) is 0 Å². The van der Waals surface area contributed by atoms with E-state index in [2.05, 4.69) is 4.74 Å². The van der Waals surface area contributed by atoms with Crippen LogP contribution < -0.4 is 0 Å². The highest BCUT2D eigenvalue weighted by Crippen LogP contribution is 2.46. The Hall–Kier alpha value is -0.780. The molecule has 0 heterocycles. The van der Waals surface area contributed by atoms with Gasteiger partial charge in [-0.15, -0.1) is 0 Å². The van der Waals surface area contributed by atoms with E-state index in [9.17, 15) is 18.0 Å². The summed E-state index contributed by atoms with van der Waals surface area (Å²) in [4.78, 5) is 11.6. The van der Waals surface area contributed by atoms with Gasteiger partial charge in [0.25, 0.3) is 0 Å². The van der Waals surface area contributed by atoms with E-state index in [4.69, 9.17) is 5.11 Å². The van der Waals surface area contributed by atoms with Crippen molar-refractivity contribution < 1.29 is 27.8 Å². The lowest BCUT2D eigenvalue weighted by atomic mass is 9.90. The van der Waals surface area contributed by atoms with Gasteiger partial charge in [-0.3, -0.25) is 4.79 Å². The summed E-state index contributed by atoms with van der Waals surface area (Å²) in [6.07, 6.45) is -2.58. The Balaban J connectivity index is 2.76. The van der Waals surface area contributed by atoms with Gasteiger partial charge < -0.3 is 9.84 Å². The summed E-state index contributed by atoms with van der Waals surface area (Å²) in [5.74, 6) is -8.42. The fourth-order valence-electron chi connectivity index (χ4n) is 1.48. The maximum absolute atomic E-state index is 13.4. The number of ether oxygens (including phenoxy) is 1. The maximum atomic E-state index is 13.4. The molecule has 0 aromatic rings. The van der Waals surface area contributed by atoms with Crippen LogP contribution in [0.3, 0.4) is 0 Å². The van der Waals surface area contributed by atoms with Gasteiger partial charge in [-0.1, -0.05) is 6.92 Å². The van der Waals surface area contributed by atoms with Crippen LogP contribution in [-0.2, 0) is 9.53 Å². The standard InChI is InChI=1S/C11H17F3O3/c1-4-9(2,3)8(15)17-7-5-6-10(12,13)11(7,14)16/h7,16H,4-6H2,1-3H3. The van der Waals surface area contributed by atoms with Gasteiger partial charge in [0, 0.05) is 6.42 Å². The molecule has 0 aliphatic heterocycles. The molecule has 2 unspecified atom stereocenters. The molecule has 1 N–H and O–H groups in total. The largest absolute Gasteiger partial charge is 0.456 e. The van der Waals surface area contributed by atoms with Crippen molar-refractivity contribution >= 4 is 5.97 Å². The molecular weight excluding hydrogens is 237 g/mol. The highest BCUT2D eigenvalue weighted by atomic mass is 19.3. The van der Waals surface area contributed by atoms with Crippen LogP contribution >= 0.6 is 0 Å². The maximum Gasteiger partial charge on any atom is 0.311 e. The molecule has 1 rings (SSSR count). The Labute approximate surface area is 97.9 Å². The molecule has 0 spiro atoms. The molecule has 17 heavy (non-hydrogen) atoms. The minimum Gasteiger partial charge on any atom is -0.456 e. The molecule has 1 aliphatic carbocycles. The summed E-state index contributed by atoms with van der Waals surface area (Å²) in [5.41, 5.74) is -0.881. The van der Waals surface area contributed by atoms with Crippen LogP contribution in [-0.4, -0.2) is 29.0 Å². The summed E-state index contributed by atoms with van der Waals surface area (Å²) in [7, 11) is 0. The lowest BCUT2D eigenvalue weighted by Gasteiger charge is -2.29. The molecule has 100 valence electrons. The van der Waals surface area contributed by atoms with Crippen molar-refractivity contribution in [1.29, 1.82) is 0 Å². The van der Waals surface area contributed by atoms with E-state index in [1.165, 1.54) is 0 Å². The Morgan fingerprint density at radius 2 is 2.00 bits per heavy atom. The summed E-state index contributed by atoms with van der Waals surface area (Å²) < 4.78 is 44.1. The second-order valence-corrected chi connectivity index (χ2v) is 5.05. The van der Waals surface area contributed by atoms with Gasteiger partial charge in [0.1, 0.15) is 0 Å². The third kappa shape index (κ3) is 2.41. The van der Waals surface area contributed by atoms with Gasteiger partial charge in [-0.25, -0.2) is 13.2 Å². The smallest absolute Gasteiger partial charge is 0.311 e. The average Bonchev–Trinajstić information content (AvgIpc) is 2.40. The van der Waals surface area contributed by atoms with Crippen molar-refractivity contribution in [2.24, 2.45) is 5.41 Å². The zero-order chi connectivity index (χ0) is 13.5. The van der Waals surface area contributed by atoms with E-state index in [-0.39, 0.29) is 6.42 Å². The van der Waals surface area contributed by atoms with Crippen LogP contribution in [0.4, 0.5) is 13.2 Å². The number of carbonyl (C=O) groups is 1. The Bertz CT molecular complexity index is 313. The number of rotatable bonds is 3. The summed E-state index contributed by atoms with van der Waals surface area (Å²) >= 11 is 0. The predicted octanol–water partition coefficient (Wildman–Crippen LogP) is 2.42. The minimum atomic E-state index is -3.87. The van der Waals surface area contributed by atoms with E-state index < -0.39 is 35.7 Å². The van der Waals surface area contributed by atoms with E-state index in [0.29, 0.717) is 6.42 Å². The van der Waals surface area contributed by atoms with E-state index in [1.54, 1.807) is 20.8 Å². The lowest BCUT2D eigenvalue weighted by molar-refractivity contribution is -0.269. The molecule has 0 aromatic heterocycles. The molecule has 0 radical (unpaired) electrons. The predicted molar refractivity (Wildman–Crippen MR) is 54.2 cm³/mol. The minimum absolute atomic E-state index is 0.383. The van der Waals surface area contributed by atoms with Gasteiger partial charge in [0.15, 0.2) is 6.10 Å². The van der Waals surface area contributed by atoms with Crippen LogP contribution in [0.2, 0.25) is 0 Å². The zero-order valence-corrected chi connectivity index (χ0v) is 10.1. The van der Waals surface area contributed by atoms with Gasteiger partial charge in [-0.2, -0.15) is 0 Å². The molecule has 2 atom stereocenters.